The largest absolute Gasteiger partial charge is 0.343 e. The molecule has 1 heterocycles. The fourth-order valence-electron chi connectivity index (χ4n) is 1.25. The highest BCUT2D eigenvalue weighted by Gasteiger charge is 2.23. The standard InChI is InChI=1S/C10H16N4S/c1-8(9-6-4-5-7-12-9)13-14(2,3)10(11)15/h4-8,13H,1-3H3,(H-,11,15)/p+1. The van der Waals surface area contributed by atoms with Crippen LogP contribution in [0, 0.1) is 0 Å². The van der Waals surface area contributed by atoms with Crippen molar-refractivity contribution in [2.75, 3.05) is 14.1 Å². The van der Waals surface area contributed by atoms with Crippen LogP contribution in [0.5, 0.6) is 0 Å². The minimum absolute atomic E-state index is 0.0997. The average Bonchev–Trinajstić information content (AvgIpc) is 2.18. The smallest absolute Gasteiger partial charge is 0.286 e. The summed E-state index contributed by atoms with van der Waals surface area (Å²) in [5.41, 5.74) is 9.87. The Morgan fingerprint density at radius 2 is 2.20 bits per heavy atom. The minimum Gasteiger partial charge on any atom is -0.343 e. The predicted molar refractivity (Wildman–Crippen MR) is 64.7 cm³/mol. The van der Waals surface area contributed by atoms with Crippen molar-refractivity contribution in [2.24, 2.45) is 5.73 Å². The van der Waals surface area contributed by atoms with Gasteiger partial charge in [0, 0.05) is 18.4 Å². The molecule has 0 radical (unpaired) electrons. The van der Waals surface area contributed by atoms with Gasteiger partial charge in [0.15, 0.2) is 0 Å². The molecule has 0 saturated heterocycles. The van der Waals surface area contributed by atoms with Gasteiger partial charge in [-0.3, -0.25) is 4.98 Å². The maximum Gasteiger partial charge on any atom is 0.286 e. The van der Waals surface area contributed by atoms with E-state index in [0.717, 1.165) is 5.69 Å². The molecule has 1 aromatic heterocycles. The molecule has 5 heteroatoms. The summed E-state index contributed by atoms with van der Waals surface area (Å²) >= 11 is 4.97. The SMILES string of the molecule is CC(N[N+](C)(C)C(N)=S)c1ccccn1. The van der Waals surface area contributed by atoms with Crippen LogP contribution in [0.4, 0.5) is 0 Å². The number of nitrogens with zero attached hydrogens (tertiary/aromatic N) is 2. The molecule has 0 spiro atoms. The lowest BCUT2D eigenvalue weighted by molar-refractivity contribution is -0.850. The van der Waals surface area contributed by atoms with E-state index in [1.165, 1.54) is 0 Å². The van der Waals surface area contributed by atoms with Gasteiger partial charge >= 0.3 is 0 Å². The van der Waals surface area contributed by atoms with Crippen molar-refractivity contribution in [1.29, 1.82) is 0 Å². The maximum atomic E-state index is 5.62. The van der Waals surface area contributed by atoms with Crippen LogP contribution in [0.3, 0.4) is 0 Å². The number of nitrogens with one attached hydrogen (secondary N) is 1. The lowest BCUT2D eigenvalue weighted by Gasteiger charge is -2.29. The zero-order chi connectivity index (χ0) is 11.5. The zero-order valence-corrected chi connectivity index (χ0v) is 10.1. The normalized spacial score (nSPS) is 13.5. The van der Waals surface area contributed by atoms with E-state index in [1.807, 2.05) is 39.2 Å². The van der Waals surface area contributed by atoms with Gasteiger partial charge in [-0.25, -0.2) is 0 Å². The minimum atomic E-state index is 0.0997. The van der Waals surface area contributed by atoms with Crippen LogP contribution < -0.4 is 11.2 Å². The molecule has 82 valence electrons. The van der Waals surface area contributed by atoms with Gasteiger partial charge in [-0.15, -0.1) is 0 Å². The number of thiocarbonyl (C=S) groups is 1. The fourth-order valence-corrected chi connectivity index (χ4v) is 1.30. The first-order chi connectivity index (χ1) is 6.93. The van der Waals surface area contributed by atoms with E-state index in [4.69, 9.17) is 18.0 Å². The Bertz CT molecular complexity index is 337. The van der Waals surface area contributed by atoms with E-state index in [1.54, 1.807) is 6.20 Å². The Labute approximate surface area is 95.7 Å². The van der Waals surface area contributed by atoms with Gasteiger partial charge < -0.3 is 5.73 Å². The molecule has 1 aromatic rings. The van der Waals surface area contributed by atoms with Crippen molar-refractivity contribution in [2.45, 2.75) is 13.0 Å². The van der Waals surface area contributed by atoms with E-state index in [-0.39, 0.29) is 6.04 Å². The van der Waals surface area contributed by atoms with Crippen LogP contribution in [0.25, 0.3) is 0 Å². The molecule has 15 heavy (non-hydrogen) atoms. The summed E-state index contributed by atoms with van der Waals surface area (Å²) in [5.74, 6) is 0. The molecule has 0 aliphatic rings. The quantitative estimate of drug-likeness (QED) is 0.457. The first kappa shape index (κ1) is 12.0. The van der Waals surface area contributed by atoms with Crippen molar-refractivity contribution in [1.82, 2.24) is 10.4 Å². The molecule has 0 fully saturated rings. The Hall–Kier alpha value is -1.04. The number of hydrogen-bond donors (Lipinski definition) is 2. The zero-order valence-electron chi connectivity index (χ0n) is 9.27. The summed E-state index contributed by atoms with van der Waals surface area (Å²) < 4.78 is 0.299. The molecule has 0 aliphatic heterocycles. The molecule has 0 saturated carbocycles. The third kappa shape index (κ3) is 3.23. The van der Waals surface area contributed by atoms with Gasteiger partial charge in [0.2, 0.25) is 0 Å². The average molecular weight is 225 g/mol. The van der Waals surface area contributed by atoms with Gasteiger partial charge in [-0.05, 0) is 19.1 Å². The van der Waals surface area contributed by atoms with E-state index >= 15 is 0 Å². The number of hydrogen-bond acceptors (Lipinski definition) is 3. The molecule has 3 N–H and O–H groups in total. The van der Waals surface area contributed by atoms with Crippen molar-refractivity contribution in [3.63, 3.8) is 0 Å². The van der Waals surface area contributed by atoms with E-state index in [0.29, 0.717) is 9.70 Å². The highest BCUT2D eigenvalue weighted by atomic mass is 32.1. The molecule has 0 amide bonds. The van der Waals surface area contributed by atoms with Gasteiger partial charge in [0.1, 0.15) is 0 Å². The van der Waals surface area contributed by atoms with Crippen LogP contribution in [0.15, 0.2) is 24.4 Å². The van der Waals surface area contributed by atoms with Gasteiger partial charge in [-0.2, -0.15) is 10.0 Å². The Morgan fingerprint density at radius 1 is 1.53 bits per heavy atom. The van der Waals surface area contributed by atoms with Crippen LogP contribution in [-0.2, 0) is 0 Å². The van der Waals surface area contributed by atoms with Crippen LogP contribution in [0.1, 0.15) is 18.7 Å². The van der Waals surface area contributed by atoms with Gasteiger partial charge in [-0.1, -0.05) is 6.07 Å². The van der Waals surface area contributed by atoms with Crippen LogP contribution in [0.2, 0.25) is 0 Å². The summed E-state index contributed by atoms with van der Waals surface area (Å²) in [6.45, 7) is 2.03. The van der Waals surface area contributed by atoms with Gasteiger partial charge in [0.05, 0.1) is 25.8 Å². The topological polar surface area (TPSA) is 50.9 Å². The second-order valence-corrected chi connectivity index (χ2v) is 4.32. The van der Waals surface area contributed by atoms with E-state index in [9.17, 15) is 0 Å². The molecule has 0 bridgehead atoms. The van der Waals surface area contributed by atoms with Crippen molar-refractivity contribution in [3.8, 4) is 0 Å². The Kier molecular flexibility index (Phi) is 3.73. The van der Waals surface area contributed by atoms with Crippen molar-refractivity contribution in [3.05, 3.63) is 30.1 Å². The summed E-state index contributed by atoms with van der Waals surface area (Å²) in [6, 6.07) is 5.92. The molecular weight excluding hydrogens is 208 g/mol. The number of pyridine rings is 1. The second-order valence-electron chi connectivity index (χ2n) is 3.90. The summed E-state index contributed by atoms with van der Waals surface area (Å²) in [7, 11) is 3.81. The number of aromatic nitrogens is 1. The lowest BCUT2D eigenvalue weighted by atomic mass is 10.2. The highest BCUT2D eigenvalue weighted by molar-refractivity contribution is 7.79. The number of quaternary nitrogens is 1. The third-order valence-electron chi connectivity index (χ3n) is 2.20. The molecule has 1 unspecified atom stereocenters. The molecular formula is C10H17N4S+. The molecule has 1 atom stereocenters. The first-order valence-electron chi connectivity index (χ1n) is 4.76. The molecule has 4 nitrogen and oxygen atoms in total. The van der Waals surface area contributed by atoms with Crippen LogP contribution in [-0.4, -0.2) is 28.8 Å². The van der Waals surface area contributed by atoms with E-state index < -0.39 is 0 Å². The van der Waals surface area contributed by atoms with Crippen molar-refractivity contribution >= 4 is 17.3 Å². The lowest BCUT2D eigenvalue weighted by Crippen LogP contribution is -2.58. The third-order valence-corrected chi connectivity index (χ3v) is 2.66. The fraction of sp³-hybridized carbons (Fsp3) is 0.400. The molecule has 0 aliphatic carbocycles. The predicted octanol–water partition coefficient (Wildman–Crippen LogP) is 0.967. The van der Waals surface area contributed by atoms with Crippen LogP contribution >= 0.6 is 12.2 Å². The number of rotatable bonds is 3. The second kappa shape index (κ2) is 4.65. The Balaban J connectivity index is 2.72. The summed E-state index contributed by atoms with van der Waals surface area (Å²) in [5, 5.41) is 0.401. The summed E-state index contributed by atoms with van der Waals surface area (Å²) in [6.07, 6.45) is 1.77. The maximum absolute atomic E-state index is 5.62. The van der Waals surface area contributed by atoms with Gasteiger partial charge in [0.25, 0.3) is 5.11 Å². The van der Waals surface area contributed by atoms with E-state index in [2.05, 4.69) is 10.4 Å². The van der Waals surface area contributed by atoms with Crippen molar-refractivity contribution < 1.29 is 4.59 Å². The first-order valence-corrected chi connectivity index (χ1v) is 5.17. The molecule has 0 aromatic carbocycles. The molecule has 1 rings (SSSR count). The number of nitrogens with two attached hydrogens (primary N) is 1. The monoisotopic (exact) mass is 225 g/mol. The Morgan fingerprint density at radius 3 is 2.67 bits per heavy atom. The summed E-state index contributed by atoms with van der Waals surface area (Å²) in [4.78, 5) is 4.27. The highest BCUT2D eigenvalue weighted by Crippen LogP contribution is 2.10.